The molecule has 1 aromatic heterocycles. The summed E-state index contributed by atoms with van der Waals surface area (Å²) in [6.07, 6.45) is 1.18. The van der Waals surface area contributed by atoms with Crippen molar-refractivity contribution < 1.29 is 22.6 Å². The summed E-state index contributed by atoms with van der Waals surface area (Å²) in [6, 6.07) is 5.01. The Morgan fingerprint density at radius 2 is 2.33 bits per heavy atom. The number of carbonyl (C=O) groups excluding carboxylic acids is 1. The van der Waals surface area contributed by atoms with Gasteiger partial charge in [-0.15, -0.1) is 0 Å². The van der Waals surface area contributed by atoms with Gasteiger partial charge in [0.05, 0.1) is 30.9 Å². The van der Waals surface area contributed by atoms with Gasteiger partial charge in [0.1, 0.15) is 11.2 Å². The Bertz CT molecular complexity index is 698. The monoisotopic (exact) mass is 374 g/mol. The van der Waals surface area contributed by atoms with E-state index in [0.29, 0.717) is 22.1 Å². The summed E-state index contributed by atoms with van der Waals surface area (Å²) in [6.45, 7) is 1.99. The fourth-order valence-corrected chi connectivity index (χ4v) is 2.32. The Morgan fingerprint density at radius 3 is 3.00 bits per heavy atom. The van der Waals surface area contributed by atoms with Gasteiger partial charge in [-0.05, 0) is 25.1 Å². The summed E-state index contributed by atoms with van der Waals surface area (Å²) in [5.41, 5.74) is 0.150. The van der Waals surface area contributed by atoms with E-state index >= 15 is 0 Å². The van der Waals surface area contributed by atoms with Gasteiger partial charge in [0.25, 0.3) is 5.91 Å². The molecule has 0 saturated carbocycles. The molecule has 0 spiro atoms. The molecule has 0 fully saturated rings. The Morgan fingerprint density at radius 1 is 1.54 bits per heavy atom. The lowest BCUT2D eigenvalue weighted by Gasteiger charge is -2.09. The zero-order valence-corrected chi connectivity index (χ0v) is 14.6. The van der Waals surface area contributed by atoms with Gasteiger partial charge in [-0.25, -0.2) is 4.98 Å². The minimum absolute atomic E-state index is 0.100. The highest BCUT2D eigenvalue weighted by atomic mass is 35.5. The highest BCUT2D eigenvalue weighted by molar-refractivity contribution is 7.94. The van der Waals surface area contributed by atoms with Crippen molar-refractivity contribution >= 4 is 29.7 Å². The van der Waals surface area contributed by atoms with Gasteiger partial charge in [0.2, 0.25) is 0 Å². The molecule has 0 aliphatic heterocycles. The SMILES string of the molecule is COc1ccc(-c2ocnc2C(=O)NCCOC(C)SF)cc1Cl. The van der Waals surface area contributed by atoms with Crippen LogP contribution in [0.4, 0.5) is 3.89 Å². The second kappa shape index (κ2) is 8.91. The Hall–Kier alpha value is -1.77. The molecule has 0 saturated heterocycles. The van der Waals surface area contributed by atoms with Crippen molar-refractivity contribution in [2.45, 2.75) is 12.4 Å². The number of amides is 1. The first-order valence-electron chi connectivity index (χ1n) is 7.01. The molecule has 1 unspecified atom stereocenters. The summed E-state index contributed by atoms with van der Waals surface area (Å²) in [5.74, 6) is 0.392. The molecular weight excluding hydrogens is 359 g/mol. The molecule has 0 radical (unpaired) electrons. The summed E-state index contributed by atoms with van der Waals surface area (Å²) in [7, 11) is 1.51. The predicted octanol–water partition coefficient (Wildman–Crippen LogP) is 3.71. The minimum atomic E-state index is -0.578. The molecule has 1 aromatic carbocycles. The van der Waals surface area contributed by atoms with Gasteiger partial charge in [0, 0.05) is 12.1 Å². The zero-order chi connectivity index (χ0) is 17.5. The molecule has 24 heavy (non-hydrogen) atoms. The van der Waals surface area contributed by atoms with E-state index in [1.807, 2.05) is 0 Å². The molecule has 0 aliphatic rings. The number of hydrogen-bond donors (Lipinski definition) is 1. The van der Waals surface area contributed by atoms with Crippen LogP contribution in [0.3, 0.4) is 0 Å². The topological polar surface area (TPSA) is 73.6 Å². The summed E-state index contributed by atoms with van der Waals surface area (Å²) >= 11 is 6.19. The maximum atomic E-state index is 12.2. The Labute approximate surface area is 148 Å². The molecule has 1 N–H and O–H groups in total. The van der Waals surface area contributed by atoms with Gasteiger partial charge in [-0.1, -0.05) is 11.6 Å². The highest BCUT2D eigenvalue weighted by Gasteiger charge is 2.19. The van der Waals surface area contributed by atoms with Crippen LogP contribution < -0.4 is 10.1 Å². The second-order valence-corrected chi connectivity index (χ2v) is 5.91. The molecular formula is C15H16ClFN2O4S. The van der Waals surface area contributed by atoms with Crippen molar-refractivity contribution in [3.05, 3.63) is 35.3 Å². The van der Waals surface area contributed by atoms with Gasteiger partial charge in [0.15, 0.2) is 17.8 Å². The first-order chi connectivity index (χ1) is 11.6. The number of nitrogens with zero attached hydrogens (tertiary/aromatic N) is 1. The lowest BCUT2D eigenvalue weighted by molar-refractivity contribution is 0.0899. The van der Waals surface area contributed by atoms with Gasteiger partial charge in [-0.3, -0.25) is 4.79 Å². The number of ether oxygens (including phenoxy) is 2. The van der Waals surface area contributed by atoms with E-state index in [-0.39, 0.29) is 31.0 Å². The Kier molecular flexibility index (Phi) is 6.89. The van der Waals surface area contributed by atoms with Crippen LogP contribution in [0.5, 0.6) is 5.75 Å². The number of oxazole rings is 1. The average Bonchev–Trinajstić information content (AvgIpc) is 3.08. The van der Waals surface area contributed by atoms with Crippen LogP contribution >= 0.6 is 23.7 Å². The van der Waals surface area contributed by atoms with E-state index in [2.05, 4.69) is 10.3 Å². The number of methoxy groups -OCH3 is 1. The normalized spacial score (nSPS) is 12.0. The molecule has 0 bridgehead atoms. The molecule has 2 aromatic rings. The third-order valence-electron chi connectivity index (χ3n) is 3.06. The van der Waals surface area contributed by atoms with Crippen molar-refractivity contribution in [3.8, 4) is 17.1 Å². The van der Waals surface area contributed by atoms with E-state index < -0.39 is 11.3 Å². The number of carbonyl (C=O) groups is 1. The zero-order valence-electron chi connectivity index (χ0n) is 13.0. The number of rotatable bonds is 8. The van der Waals surface area contributed by atoms with Gasteiger partial charge >= 0.3 is 0 Å². The average molecular weight is 375 g/mol. The molecule has 1 amide bonds. The van der Waals surface area contributed by atoms with Crippen LogP contribution in [0.1, 0.15) is 17.4 Å². The maximum absolute atomic E-state index is 12.2. The second-order valence-electron chi connectivity index (χ2n) is 4.66. The molecule has 1 heterocycles. The molecule has 0 aliphatic carbocycles. The minimum Gasteiger partial charge on any atom is -0.495 e. The summed E-state index contributed by atoms with van der Waals surface area (Å²) < 4.78 is 27.7. The maximum Gasteiger partial charge on any atom is 0.274 e. The van der Waals surface area contributed by atoms with Crippen LogP contribution in [0, 0.1) is 0 Å². The van der Waals surface area contributed by atoms with E-state index in [4.69, 9.17) is 25.5 Å². The van der Waals surface area contributed by atoms with Crippen molar-refractivity contribution in [3.63, 3.8) is 0 Å². The first kappa shape index (κ1) is 18.6. The first-order valence-corrected chi connectivity index (χ1v) is 8.17. The van der Waals surface area contributed by atoms with E-state index in [0.717, 1.165) is 0 Å². The molecule has 130 valence electrons. The van der Waals surface area contributed by atoms with Crippen molar-refractivity contribution in [2.75, 3.05) is 20.3 Å². The van der Waals surface area contributed by atoms with E-state index in [1.165, 1.54) is 13.5 Å². The quantitative estimate of drug-likeness (QED) is 0.561. The Balaban J connectivity index is 2.04. The van der Waals surface area contributed by atoms with Crippen molar-refractivity contribution in [2.24, 2.45) is 0 Å². The molecule has 9 heteroatoms. The van der Waals surface area contributed by atoms with Crippen LogP contribution in [-0.2, 0) is 4.74 Å². The fourth-order valence-electron chi connectivity index (χ4n) is 1.92. The van der Waals surface area contributed by atoms with E-state index in [9.17, 15) is 8.68 Å². The van der Waals surface area contributed by atoms with Crippen molar-refractivity contribution in [1.29, 1.82) is 0 Å². The van der Waals surface area contributed by atoms with Crippen molar-refractivity contribution in [1.82, 2.24) is 10.3 Å². The smallest absolute Gasteiger partial charge is 0.274 e. The number of benzene rings is 1. The van der Waals surface area contributed by atoms with Crippen LogP contribution in [0.15, 0.2) is 29.0 Å². The standard InChI is InChI=1S/C15H16ClFN2O4S/c1-9(24-17)22-6-5-18-15(20)13-14(23-8-19-13)10-3-4-12(21-2)11(16)7-10/h3-4,7-9H,5-6H2,1-2H3,(H,18,20). The third kappa shape index (κ3) is 4.62. The van der Waals surface area contributed by atoms with Crippen LogP contribution in [0.25, 0.3) is 11.3 Å². The molecule has 6 nitrogen and oxygen atoms in total. The number of halogens is 2. The molecule has 1 atom stereocenters. The van der Waals surface area contributed by atoms with Gasteiger partial charge in [-0.2, -0.15) is 3.89 Å². The van der Waals surface area contributed by atoms with Gasteiger partial charge < -0.3 is 19.2 Å². The lowest BCUT2D eigenvalue weighted by Crippen LogP contribution is -2.28. The number of aromatic nitrogens is 1. The predicted molar refractivity (Wildman–Crippen MR) is 89.9 cm³/mol. The van der Waals surface area contributed by atoms with Crippen LogP contribution in [-0.4, -0.2) is 36.6 Å². The third-order valence-corrected chi connectivity index (χ3v) is 3.74. The van der Waals surface area contributed by atoms with E-state index in [1.54, 1.807) is 25.1 Å². The number of nitrogens with one attached hydrogen (secondary N) is 1. The van der Waals surface area contributed by atoms with Crippen LogP contribution in [0.2, 0.25) is 5.02 Å². The summed E-state index contributed by atoms with van der Waals surface area (Å²) in [5, 5.41) is 3.03. The largest absolute Gasteiger partial charge is 0.495 e. The fraction of sp³-hybridized carbons (Fsp3) is 0.333. The lowest BCUT2D eigenvalue weighted by atomic mass is 10.1. The number of hydrogen-bond acceptors (Lipinski definition) is 6. The summed E-state index contributed by atoms with van der Waals surface area (Å²) in [4.78, 5) is 16.1. The highest BCUT2D eigenvalue weighted by Crippen LogP contribution is 2.31. The molecule has 2 rings (SSSR count).